The van der Waals surface area contributed by atoms with Crippen molar-refractivity contribution in [2.75, 3.05) is 7.11 Å². The van der Waals surface area contributed by atoms with Crippen LogP contribution in [0, 0.1) is 17.7 Å². The number of hydrogen-bond acceptors (Lipinski definition) is 1. The second-order valence-corrected chi connectivity index (χ2v) is 9.50. The molecule has 2 aliphatic rings. The van der Waals surface area contributed by atoms with E-state index < -0.39 is 11.3 Å². The van der Waals surface area contributed by atoms with Gasteiger partial charge in [-0.25, -0.2) is 13.2 Å². The summed E-state index contributed by atoms with van der Waals surface area (Å²) in [5, 5.41) is 0. The SMILES string of the molecule is COc1ccc(CCC2CCC(F)(CCC3CCC(C)(F)CC3)CC2)cc1F. The minimum Gasteiger partial charge on any atom is -0.494 e. The molecule has 1 aromatic rings. The molecule has 0 N–H and O–H groups in total. The van der Waals surface area contributed by atoms with E-state index in [0.29, 0.717) is 43.9 Å². The van der Waals surface area contributed by atoms with Crippen molar-refractivity contribution in [3.63, 3.8) is 0 Å². The van der Waals surface area contributed by atoms with E-state index in [1.54, 1.807) is 19.1 Å². The molecule has 0 radical (unpaired) electrons. The van der Waals surface area contributed by atoms with E-state index in [0.717, 1.165) is 50.5 Å². The van der Waals surface area contributed by atoms with Gasteiger partial charge in [-0.1, -0.05) is 6.07 Å². The average molecular weight is 397 g/mol. The fourth-order valence-electron chi connectivity index (χ4n) is 5.00. The van der Waals surface area contributed by atoms with Crippen molar-refractivity contribution in [2.24, 2.45) is 11.8 Å². The van der Waals surface area contributed by atoms with Crippen LogP contribution in [-0.2, 0) is 6.42 Å². The zero-order valence-electron chi connectivity index (χ0n) is 17.4. The van der Waals surface area contributed by atoms with Gasteiger partial charge in [0.2, 0.25) is 0 Å². The van der Waals surface area contributed by atoms with Crippen LogP contribution in [0.5, 0.6) is 5.75 Å². The Balaban J connectivity index is 1.38. The summed E-state index contributed by atoms with van der Waals surface area (Å²) in [6.45, 7) is 1.70. The molecule has 0 amide bonds. The van der Waals surface area contributed by atoms with E-state index in [9.17, 15) is 8.78 Å². The lowest BCUT2D eigenvalue weighted by molar-refractivity contribution is 0.0530. The van der Waals surface area contributed by atoms with Crippen LogP contribution in [0.3, 0.4) is 0 Å². The molecule has 0 aliphatic heterocycles. The molecule has 2 aliphatic carbocycles. The first kappa shape index (κ1) is 21.5. The maximum atomic E-state index is 15.2. The molecule has 0 heterocycles. The predicted molar refractivity (Wildman–Crippen MR) is 108 cm³/mol. The smallest absolute Gasteiger partial charge is 0.165 e. The van der Waals surface area contributed by atoms with Crippen LogP contribution in [0.4, 0.5) is 13.2 Å². The van der Waals surface area contributed by atoms with Gasteiger partial charge < -0.3 is 4.74 Å². The number of benzene rings is 1. The molecule has 0 saturated heterocycles. The van der Waals surface area contributed by atoms with Crippen molar-refractivity contribution in [1.29, 1.82) is 0 Å². The summed E-state index contributed by atoms with van der Waals surface area (Å²) in [5.74, 6) is 0.982. The summed E-state index contributed by atoms with van der Waals surface area (Å²) in [6, 6.07) is 5.14. The summed E-state index contributed by atoms with van der Waals surface area (Å²) in [7, 11) is 1.47. The molecular formula is C24H35F3O. The predicted octanol–water partition coefficient (Wildman–Crippen LogP) is 7.36. The third-order valence-electron chi connectivity index (χ3n) is 7.21. The zero-order chi connectivity index (χ0) is 20.2. The van der Waals surface area contributed by atoms with Gasteiger partial charge in [-0.3, -0.25) is 0 Å². The van der Waals surface area contributed by atoms with Gasteiger partial charge in [0.15, 0.2) is 11.6 Å². The second kappa shape index (κ2) is 9.09. The fraction of sp³-hybridized carbons (Fsp3) is 0.750. The number of alkyl halides is 2. The number of hydrogen-bond donors (Lipinski definition) is 0. The van der Waals surface area contributed by atoms with Gasteiger partial charge in [0.25, 0.3) is 0 Å². The molecular weight excluding hydrogens is 361 g/mol. The van der Waals surface area contributed by atoms with Crippen LogP contribution in [-0.4, -0.2) is 18.4 Å². The first-order valence-corrected chi connectivity index (χ1v) is 11.0. The fourth-order valence-corrected chi connectivity index (χ4v) is 5.00. The largest absolute Gasteiger partial charge is 0.494 e. The molecule has 1 nitrogen and oxygen atoms in total. The highest BCUT2D eigenvalue weighted by molar-refractivity contribution is 5.29. The van der Waals surface area contributed by atoms with Crippen LogP contribution in [0.15, 0.2) is 18.2 Å². The Morgan fingerprint density at radius 1 is 0.964 bits per heavy atom. The number of halogens is 3. The highest BCUT2D eigenvalue weighted by atomic mass is 19.1. The number of aryl methyl sites for hydroxylation is 1. The molecule has 0 bridgehead atoms. The van der Waals surface area contributed by atoms with Crippen LogP contribution >= 0.6 is 0 Å². The first-order chi connectivity index (χ1) is 13.3. The van der Waals surface area contributed by atoms with Crippen LogP contribution in [0.25, 0.3) is 0 Å². The number of rotatable bonds is 7. The van der Waals surface area contributed by atoms with Gasteiger partial charge in [-0.2, -0.15) is 0 Å². The first-order valence-electron chi connectivity index (χ1n) is 11.0. The molecule has 1 aromatic carbocycles. The van der Waals surface area contributed by atoms with E-state index >= 15 is 4.39 Å². The van der Waals surface area contributed by atoms with Gasteiger partial charge >= 0.3 is 0 Å². The zero-order valence-corrected chi connectivity index (χ0v) is 17.4. The minimum absolute atomic E-state index is 0.276. The molecule has 2 saturated carbocycles. The minimum atomic E-state index is -1.03. The lowest BCUT2D eigenvalue weighted by Gasteiger charge is -2.36. The quantitative estimate of drug-likeness (QED) is 0.468. The highest BCUT2D eigenvalue weighted by Gasteiger charge is 2.37. The summed E-state index contributed by atoms with van der Waals surface area (Å²) in [5.41, 5.74) is -1.05. The van der Waals surface area contributed by atoms with Crippen molar-refractivity contribution in [3.8, 4) is 5.75 Å². The van der Waals surface area contributed by atoms with Gasteiger partial charge in [-0.05, 0) is 114 Å². The van der Waals surface area contributed by atoms with E-state index in [1.807, 2.05) is 6.07 Å². The molecule has 0 spiro atoms. The summed E-state index contributed by atoms with van der Waals surface area (Å²) < 4.78 is 47.9. The molecule has 0 atom stereocenters. The van der Waals surface area contributed by atoms with Gasteiger partial charge in [-0.15, -0.1) is 0 Å². The van der Waals surface area contributed by atoms with E-state index in [4.69, 9.17) is 4.74 Å². The van der Waals surface area contributed by atoms with Crippen molar-refractivity contribution in [2.45, 2.75) is 95.3 Å². The van der Waals surface area contributed by atoms with Crippen LogP contribution in [0.1, 0.15) is 83.1 Å². The van der Waals surface area contributed by atoms with Gasteiger partial charge in [0.05, 0.1) is 7.11 Å². The Hall–Kier alpha value is -1.19. The second-order valence-electron chi connectivity index (χ2n) is 9.50. The van der Waals surface area contributed by atoms with Crippen molar-refractivity contribution >= 4 is 0 Å². The Kier molecular flexibility index (Phi) is 6.98. The summed E-state index contributed by atoms with van der Waals surface area (Å²) in [4.78, 5) is 0. The van der Waals surface area contributed by atoms with Gasteiger partial charge in [0.1, 0.15) is 11.3 Å². The lowest BCUT2D eigenvalue weighted by Crippen LogP contribution is -2.31. The average Bonchev–Trinajstić information content (AvgIpc) is 2.67. The number of ether oxygens (including phenoxy) is 1. The van der Waals surface area contributed by atoms with E-state index in [1.165, 1.54) is 7.11 Å². The lowest BCUT2D eigenvalue weighted by atomic mass is 9.73. The summed E-state index contributed by atoms with van der Waals surface area (Å²) in [6.07, 6.45) is 9.55. The number of methoxy groups -OCH3 is 1. The van der Waals surface area contributed by atoms with E-state index in [-0.39, 0.29) is 11.6 Å². The van der Waals surface area contributed by atoms with Gasteiger partial charge in [0, 0.05) is 0 Å². The topological polar surface area (TPSA) is 9.23 Å². The maximum Gasteiger partial charge on any atom is 0.165 e. The van der Waals surface area contributed by atoms with Crippen molar-refractivity contribution < 1.29 is 17.9 Å². The van der Waals surface area contributed by atoms with Crippen LogP contribution < -0.4 is 4.74 Å². The van der Waals surface area contributed by atoms with Crippen LogP contribution in [0.2, 0.25) is 0 Å². The third kappa shape index (κ3) is 5.90. The molecule has 0 aromatic heterocycles. The maximum absolute atomic E-state index is 15.2. The molecule has 3 rings (SSSR count). The monoisotopic (exact) mass is 396 g/mol. The normalized spacial score (nSPS) is 33.6. The Morgan fingerprint density at radius 2 is 1.57 bits per heavy atom. The highest BCUT2D eigenvalue weighted by Crippen LogP contribution is 2.43. The molecule has 0 unspecified atom stereocenters. The van der Waals surface area contributed by atoms with E-state index in [2.05, 4.69) is 0 Å². The molecule has 4 heteroatoms. The molecule has 28 heavy (non-hydrogen) atoms. The Morgan fingerprint density at radius 3 is 2.18 bits per heavy atom. The van der Waals surface area contributed by atoms with Crippen molar-refractivity contribution in [1.82, 2.24) is 0 Å². The molecule has 158 valence electrons. The standard InChI is InChI=1S/C24H35F3O/c1-23(26)12-7-19(8-13-23)11-16-24(27)14-9-18(10-15-24)3-4-20-5-6-22(28-2)21(25)17-20/h5-6,17-19H,3-4,7-16H2,1-2H3. The third-order valence-corrected chi connectivity index (χ3v) is 7.21. The Labute approximate surface area is 168 Å². The van der Waals surface area contributed by atoms with Crippen molar-refractivity contribution in [3.05, 3.63) is 29.6 Å². The Bertz CT molecular complexity index is 625. The molecule has 2 fully saturated rings. The summed E-state index contributed by atoms with van der Waals surface area (Å²) >= 11 is 0.